The molecule has 0 radical (unpaired) electrons. The summed E-state index contributed by atoms with van der Waals surface area (Å²) in [4.78, 5) is 9.08. The van der Waals surface area contributed by atoms with Gasteiger partial charge in [-0.05, 0) is 0 Å². The van der Waals surface area contributed by atoms with Crippen molar-refractivity contribution in [3.05, 3.63) is 84.7 Å². The summed E-state index contributed by atoms with van der Waals surface area (Å²) in [5, 5.41) is 0.546. The third-order valence-corrected chi connectivity index (χ3v) is 6.55. The number of imidazole rings is 1. The van der Waals surface area contributed by atoms with Crippen LogP contribution in [0, 0.1) is 0 Å². The topological polar surface area (TPSA) is 47.3 Å². The average Bonchev–Trinajstić information content (AvgIpc) is 3.03. The second kappa shape index (κ2) is 6.48. The number of fused-ring (bicyclic) bond motifs is 1. The summed E-state index contributed by atoms with van der Waals surface area (Å²) < 4.78 is 15.6. The van der Waals surface area contributed by atoms with Gasteiger partial charge in [-0.1, -0.05) is 0 Å². The average molecular weight is 380 g/mol. The van der Waals surface area contributed by atoms with E-state index in [9.17, 15) is 3.83 Å². The molecule has 1 atom stereocenters. The van der Waals surface area contributed by atoms with Crippen molar-refractivity contribution in [3.8, 4) is 11.5 Å². The molecule has 3 heterocycles. The Morgan fingerprint density at radius 2 is 1.71 bits per heavy atom. The first-order valence-corrected chi connectivity index (χ1v) is 10.4. The van der Waals surface area contributed by atoms with Crippen molar-refractivity contribution < 1.29 is 3.83 Å². The van der Waals surface area contributed by atoms with Gasteiger partial charge in [0.25, 0.3) is 0 Å². The van der Waals surface area contributed by atoms with E-state index in [2.05, 4.69) is 4.98 Å². The van der Waals surface area contributed by atoms with Crippen molar-refractivity contribution >= 4 is 23.9 Å². The van der Waals surface area contributed by atoms with Crippen molar-refractivity contribution in [2.24, 2.45) is 0 Å². The maximum atomic E-state index is 13.0. The third-order valence-electron chi connectivity index (χ3n) is 3.76. The van der Waals surface area contributed by atoms with Crippen molar-refractivity contribution in [1.82, 2.24) is 14.4 Å². The van der Waals surface area contributed by atoms with Gasteiger partial charge in [-0.15, -0.1) is 0 Å². The molecule has 0 amide bonds. The standard InChI is InChI=1S/C19H15N3OSe/c23-24(14-15-8-2-1-3-9-15)19-17-11-5-7-13-22(17)18(21-19)16-10-4-6-12-20-16/h1-13H,14H2. The van der Waals surface area contributed by atoms with Crippen LogP contribution in [0.25, 0.3) is 17.0 Å². The molecule has 4 rings (SSSR count). The Morgan fingerprint density at radius 1 is 0.917 bits per heavy atom. The summed E-state index contributed by atoms with van der Waals surface area (Å²) in [5.74, 6) is 0.735. The molecule has 0 aliphatic rings. The Bertz CT molecular complexity index is 997. The summed E-state index contributed by atoms with van der Waals surface area (Å²) >= 11 is -2.30. The summed E-state index contributed by atoms with van der Waals surface area (Å²) in [6.45, 7) is 0. The monoisotopic (exact) mass is 381 g/mol. The zero-order chi connectivity index (χ0) is 16.4. The van der Waals surface area contributed by atoms with Crippen LogP contribution in [0.4, 0.5) is 0 Å². The number of nitrogens with zero attached hydrogens (tertiary/aromatic N) is 3. The van der Waals surface area contributed by atoms with Crippen LogP contribution in [-0.4, -0.2) is 28.2 Å². The molecular formula is C19H15N3OSe. The normalized spacial score (nSPS) is 12.3. The van der Waals surface area contributed by atoms with E-state index in [4.69, 9.17) is 4.98 Å². The number of pyridine rings is 2. The first kappa shape index (κ1) is 14.9. The predicted octanol–water partition coefficient (Wildman–Crippen LogP) is 2.81. The van der Waals surface area contributed by atoms with Gasteiger partial charge in [0.1, 0.15) is 0 Å². The van der Waals surface area contributed by atoms with Crippen molar-refractivity contribution in [2.45, 2.75) is 5.32 Å². The van der Waals surface area contributed by atoms with Gasteiger partial charge in [0.05, 0.1) is 0 Å². The Hall–Kier alpha value is -2.62. The minimum absolute atomic E-state index is 0.546. The molecule has 3 aromatic heterocycles. The molecule has 4 aromatic rings. The third kappa shape index (κ3) is 2.80. The number of hydrogen-bond acceptors (Lipinski definition) is 3. The quantitative estimate of drug-likeness (QED) is 0.512. The second-order valence-electron chi connectivity index (χ2n) is 5.39. The summed E-state index contributed by atoms with van der Waals surface area (Å²) in [6.07, 6.45) is 3.69. The molecule has 0 saturated carbocycles. The molecule has 1 unspecified atom stereocenters. The summed E-state index contributed by atoms with van der Waals surface area (Å²) in [5.41, 5.74) is 2.76. The molecular weight excluding hydrogens is 365 g/mol. The van der Waals surface area contributed by atoms with E-state index < -0.39 is 13.8 Å². The van der Waals surface area contributed by atoms with E-state index in [1.54, 1.807) is 6.20 Å². The van der Waals surface area contributed by atoms with E-state index in [1.165, 1.54) is 0 Å². The number of hydrogen-bond donors (Lipinski definition) is 0. The van der Waals surface area contributed by atoms with Crippen LogP contribution >= 0.6 is 0 Å². The van der Waals surface area contributed by atoms with Gasteiger partial charge in [0.2, 0.25) is 0 Å². The first-order valence-electron chi connectivity index (χ1n) is 7.64. The molecule has 1 aromatic carbocycles. The molecule has 0 spiro atoms. The van der Waals surface area contributed by atoms with E-state index in [0.717, 1.165) is 22.6 Å². The molecule has 24 heavy (non-hydrogen) atoms. The van der Waals surface area contributed by atoms with Crippen LogP contribution in [0.2, 0.25) is 0 Å². The van der Waals surface area contributed by atoms with Gasteiger partial charge in [-0.2, -0.15) is 0 Å². The Balaban J connectivity index is 1.80. The first-order chi connectivity index (χ1) is 11.8. The Morgan fingerprint density at radius 3 is 2.50 bits per heavy atom. The molecule has 118 valence electrons. The molecule has 0 saturated heterocycles. The fraction of sp³-hybridized carbons (Fsp3) is 0.0526. The molecule has 0 N–H and O–H groups in total. The molecule has 4 nitrogen and oxygen atoms in total. The molecule has 0 aliphatic carbocycles. The van der Waals surface area contributed by atoms with E-state index in [0.29, 0.717) is 9.91 Å². The van der Waals surface area contributed by atoms with Crippen molar-refractivity contribution in [2.75, 3.05) is 0 Å². The SMILES string of the molecule is O=[Se](Cc1ccccc1)c1nc(-c2ccccn2)n2ccccc12. The Kier molecular flexibility index (Phi) is 4.03. The zero-order valence-corrected chi connectivity index (χ0v) is 14.6. The van der Waals surface area contributed by atoms with Crippen LogP contribution in [0.5, 0.6) is 0 Å². The summed E-state index contributed by atoms with van der Waals surface area (Å²) in [7, 11) is 0. The molecule has 0 aliphatic heterocycles. The van der Waals surface area contributed by atoms with Gasteiger partial charge < -0.3 is 0 Å². The molecule has 0 fully saturated rings. The van der Waals surface area contributed by atoms with Crippen molar-refractivity contribution in [1.29, 1.82) is 0 Å². The zero-order valence-electron chi connectivity index (χ0n) is 12.9. The number of rotatable bonds is 4. The van der Waals surface area contributed by atoms with Gasteiger partial charge in [0, 0.05) is 0 Å². The number of aromatic nitrogens is 3. The number of benzene rings is 1. The molecule has 0 bridgehead atoms. The van der Waals surface area contributed by atoms with E-state index in [1.807, 2.05) is 77.3 Å². The van der Waals surface area contributed by atoms with Crippen LogP contribution in [0.1, 0.15) is 5.56 Å². The van der Waals surface area contributed by atoms with E-state index >= 15 is 0 Å². The van der Waals surface area contributed by atoms with Crippen LogP contribution in [0.15, 0.2) is 79.1 Å². The maximum absolute atomic E-state index is 13.0. The van der Waals surface area contributed by atoms with Gasteiger partial charge in [-0.25, -0.2) is 0 Å². The van der Waals surface area contributed by atoms with E-state index in [-0.39, 0.29) is 0 Å². The fourth-order valence-corrected chi connectivity index (χ4v) is 5.21. The predicted molar refractivity (Wildman–Crippen MR) is 94.6 cm³/mol. The van der Waals surface area contributed by atoms with Gasteiger partial charge in [-0.3, -0.25) is 0 Å². The summed E-state index contributed by atoms with van der Waals surface area (Å²) in [6, 6.07) is 21.5. The van der Waals surface area contributed by atoms with Gasteiger partial charge >= 0.3 is 144 Å². The fourth-order valence-electron chi connectivity index (χ4n) is 2.65. The van der Waals surface area contributed by atoms with Crippen LogP contribution in [-0.2, 0) is 9.15 Å². The van der Waals surface area contributed by atoms with Gasteiger partial charge in [0.15, 0.2) is 0 Å². The minimum atomic E-state index is -2.30. The Labute approximate surface area is 143 Å². The van der Waals surface area contributed by atoms with Crippen LogP contribution in [0.3, 0.4) is 0 Å². The van der Waals surface area contributed by atoms with Crippen LogP contribution < -0.4 is 4.59 Å². The molecule has 5 heteroatoms. The second-order valence-corrected chi connectivity index (χ2v) is 8.25. The van der Waals surface area contributed by atoms with Crippen molar-refractivity contribution in [3.63, 3.8) is 0 Å².